The molecule has 12 nitrogen and oxygen atoms in total. The van der Waals surface area contributed by atoms with Gasteiger partial charge in [0.15, 0.2) is 0 Å². The molecular weight excluding hydrogens is 619 g/mol. The molecule has 1 unspecified atom stereocenters. The molecule has 3 aromatic rings. The SMILES string of the molecule is N#Cc1ccnc(N2C(=O)N(CC(=O)O)C[C@H]2C(=O)N(c2cccc(F)c2)C(C(=O)NC2CC(F)(F)C2)c2ccccc2Cl)n1. The summed E-state index contributed by atoms with van der Waals surface area (Å²) in [5.74, 6) is -7.49. The fourth-order valence-electron chi connectivity index (χ4n) is 5.22. The number of halogens is 4. The van der Waals surface area contributed by atoms with Crippen LogP contribution in [0.4, 0.5) is 29.6 Å². The summed E-state index contributed by atoms with van der Waals surface area (Å²) < 4.78 is 41.9. The number of carbonyl (C=O) groups excluding carboxylic acids is 3. The molecule has 2 aliphatic rings. The summed E-state index contributed by atoms with van der Waals surface area (Å²) in [5.41, 5.74) is -0.264. The number of hydrogen-bond acceptors (Lipinski definition) is 7. The van der Waals surface area contributed by atoms with Gasteiger partial charge in [0.05, 0.1) is 6.54 Å². The van der Waals surface area contributed by atoms with Crippen LogP contribution >= 0.6 is 11.6 Å². The maximum Gasteiger partial charge on any atom is 0.328 e. The van der Waals surface area contributed by atoms with Crippen LogP contribution in [0.3, 0.4) is 0 Å². The molecule has 1 aliphatic heterocycles. The van der Waals surface area contributed by atoms with Crippen LogP contribution in [-0.2, 0) is 14.4 Å². The third-order valence-corrected chi connectivity index (χ3v) is 7.58. The molecule has 1 aliphatic carbocycles. The Hall–Kier alpha value is -5.23. The molecule has 232 valence electrons. The van der Waals surface area contributed by atoms with Gasteiger partial charge in [-0.05, 0) is 30.3 Å². The van der Waals surface area contributed by atoms with Crippen molar-refractivity contribution in [2.75, 3.05) is 22.9 Å². The van der Waals surface area contributed by atoms with Crippen LogP contribution in [0, 0.1) is 17.1 Å². The summed E-state index contributed by atoms with van der Waals surface area (Å²) in [5, 5.41) is 21.3. The zero-order chi connectivity index (χ0) is 32.5. The Morgan fingerprint density at radius 1 is 1.18 bits per heavy atom. The third-order valence-electron chi connectivity index (χ3n) is 7.23. The molecule has 2 heterocycles. The van der Waals surface area contributed by atoms with E-state index in [0.29, 0.717) is 0 Å². The smallest absolute Gasteiger partial charge is 0.328 e. The molecule has 2 aromatic carbocycles. The van der Waals surface area contributed by atoms with Crippen LogP contribution in [0.25, 0.3) is 0 Å². The zero-order valence-electron chi connectivity index (χ0n) is 23.1. The zero-order valence-corrected chi connectivity index (χ0v) is 23.9. The fourth-order valence-corrected chi connectivity index (χ4v) is 5.46. The van der Waals surface area contributed by atoms with Crippen LogP contribution in [0.5, 0.6) is 0 Å². The van der Waals surface area contributed by atoms with E-state index in [9.17, 15) is 42.7 Å². The molecule has 2 N–H and O–H groups in total. The largest absolute Gasteiger partial charge is 0.480 e. The van der Waals surface area contributed by atoms with Crippen LogP contribution in [0.2, 0.25) is 5.02 Å². The summed E-state index contributed by atoms with van der Waals surface area (Å²) in [6, 6.07) is 8.43. The van der Waals surface area contributed by atoms with Crippen molar-refractivity contribution in [1.29, 1.82) is 5.26 Å². The van der Waals surface area contributed by atoms with Gasteiger partial charge >= 0.3 is 12.0 Å². The van der Waals surface area contributed by atoms with Crippen LogP contribution in [0.1, 0.15) is 30.1 Å². The minimum absolute atomic E-state index is 0.0164. The number of carboxylic acid groups (broad SMARTS) is 1. The van der Waals surface area contributed by atoms with Crippen molar-refractivity contribution in [3.8, 4) is 6.07 Å². The van der Waals surface area contributed by atoms with Crippen molar-refractivity contribution in [2.24, 2.45) is 0 Å². The number of nitrogens with zero attached hydrogens (tertiary/aromatic N) is 6. The summed E-state index contributed by atoms with van der Waals surface area (Å²) >= 11 is 6.48. The molecule has 16 heteroatoms. The first kappa shape index (κ1) is 31.2. The lowest BCUT2D eigenvalue weighted by Gasteiger charge is -2.39. The molecule has 1 saturated carbocycles. The normalized spacial score (nSPS) is 18.1. The molecule has 5 rings (SSSR count). The number of anilines is 2. The number of carbonyl (C=O) groups is 4. The molecule has 2 fully saturated rings. The van der Waals surface area contributed by atoms with Crippen LogP contribution < -0.4 is 15.1 Å². The number of carboxylic acids is 1. The number of nitrogens with one attached hydrogen (secondary N) is 1. The average molecular weight is 642 g/mol. The van der Waals surface area contributed by atoms with E-state index in [2.05, 4.69) is 15.3 Å². The first-order chi connectivity index (χ1) is 21.4. The highest BCUT2D eigenvalue weighted by Gasteiger charge is 2.50. The standard InChI is InChI=1S/C29H23ClF3N7O5/c30-21-7-2-1-6-20(21)24(25(43)36-18-11-29(32,33)12-18)39(19-5-3-4-16(31)10-19)26(44)22-14-38(15-23(41)42)28(45)40(22)27-35-9-8-17(13-34)37-27/h1-10,18,22,24H,11-12,14-15H2,(H,36,43)(H,41,42)/t22-,24?/m0/s1. The average Bonchev–Trinajstić information content (AvgIpc) is 3.30. The number of alkyl halides is 2. The Morgan fingerprint density at radius 3 is 2.56 bits per heavy atom. The Labute approximate surface area is 258 Å². The van der Waals surface area contributed by atoms with E-state index in [1.807, 2.05) is 0 Å². The first-order valence-corrected chi connectivity index (χ1v) is 13.8. The molecule has 2 atom stereocenters. The number of nitriles is 1. The maximum atomic E-state index is 14.6. The van der Waals surface area contributed by atoms with Gasteiger partial charge in [0.2, 0.25) is 11.9 Å². The third kappa shape index (κ3) is 6.50. The quantitative estimate of drug-likeness (QED) is 0.359. The molecule has 1 saturated heterocycles. The van der Waals surface area contributed by atoms with Crippen molar-refractivity contribution in [1.82, 2.24) is 20.2 Å². The van der Waals surface area contributed by atoms with Crippen LogP contribution in [-0.4, -0.2) is 74.9 Å². The predicted molar refractivity (Wildman–Crippen MR) is 152 cm³/mol. The van der Waals surface area contributed by atoms with E-state index < -0.39 is 85.6 Å². The number of urea groups is 1. The second-order valence-corrected chi connectivity index (χ2v) is 10.8. The van der Waals surface area contributed by atoms with Crippen molar-refractivity contribution >= 4 is 47.1 Å². The van der Waals surface area contributed by atoms with Gasteiger partial charge in [0.1, 0.15) is 36.2 Å². The van der Waals surface area contributed by atoms with Gasteiger partial charge in [-0.2, -0.15) is 5.26 Å². The van der Waals surface area contributed by atoms with Gasteiger partial charge in [-0.15, -0.1) is 0 Å². The Morgan fingerprint density at radius 2 is 1.91 bits per heavy atom. The monoisotopic (exact) mass is 641 g/mol. The fraction of sp³-hybridized carbons (Fsp3) is 0.276. The van der Waals surface area contributed by atoms with Gasteiger partial charge in [-0.25, -0.2) is 32.8 Å². The second-order valence-electron chi connectivity index (χ2n) is 10.4. The summed E-state index contributed by atoms with van der Waals surface area (Å²) in [6.07, 6.45) is -0.110. The molecule has 0 spiro atoms. The van der Waals surface area contributed by atoms with E-state index in [1.54, 1.807) is 12.1 Å². The highest BCUT2D eigenvalue weighted by molar-refractivity contribution is 6.31. The van der Waals surface area contributed by atoms with Crippen molar-refractivity contribution < 1.29 is 37.5 Å². The number of hydrogen-bond donors (Lipinski definition) is 2. The van der Waals surface area contributed by atoms with Gasteiger partial charge in [0, 0.05) is 41.4 Å². The van der Waals surface area contributed by atoms with Gasteiger partial charge in [0.25, 0.3) is 11.8 Å². The molecule has 4 amide bonds. The summed E-state index contributed by atoms with van der Waals surface area (Å²) in [4.78, 5) is 64.1. The summed E-state index contributed by atoms with van der Waals surface area (Å²) in [7, 11) is 0. The van der Waals surface area contributed by atoms with E-state index in [1.165, 1.54) is 36.4 Å². The van der Waals surface area contributed by atoms with Crippen LogP contribution in [0.15, 0.2) is 60.8 Å². The number of amides is 4. The maximum absolute atomic E-state index is 14.6. The van der Waals surface area contributed by atoms with E-state index >= 15 is 0 Å². The molecule has 0 bridgehead atoms. The Balaban J connectivity index is 1.64. The number of aliphatic carboxylic acids is 1. The Kier molecular flexibility index (Phi) is 8.60. The van der Waals surface area contributed by atoms with E-state index in [0.717, 1.165) is 33.0 Å². The topological polar surface area (TPSA) is 160 Å². The van der Waals surface area contributed by atoms with Crippen molar-refractivity contribution in [2.45, 2.75) is 36.9 Å². The van der Waals surface area contributed by atoms with Crippen molar-refractivity contribution in [3.05, 3.63) is 82.9 Å². The highest BCUT2D eigenvalue weighted by Crippen LogP contribution is 2.39. The lowest BCUT2D eigenvalue weighted by Crippen LogP contribution is -2.56. The molecule has 45 heavy (non-hydrogen) atoms. The lowest BCUT2D eigenvalue weighted by molar-refractivity contribution is -0.137. The first-order valence-electron chi connectivity index (χ1n) is 13.4. The van der Waals surface area contributed by atoms with Crippen molar-refractivity contribution in [3.63, 3.8) is 0 Å². The number of benzene rings is 2. The molecule has 0 radical (unpaired) electrons. The minimum Gasteiger partial charge on any atom is -0.480 e. The lowest BCUT2D eigenvalue weighted by atomic mass is 9.87. The number of rotatable bonds is 9. The van der Waals surface area contributed by atoms with Gasteiger partial charge in [-0.1, -0.05) is 35.9 Å². The second kappa shape index (κ2) is 12.4. The van der Waals surface area contributed by atoms with E-state index in [-0.39, 0.29) is 22.0 Å². The highest BCUT2D eigenvalue weighted by atomic mass is 35.5. The van der Waals surface area contributed by atoms with E-state index in [4.69, 9.17) is 11.6 Å². The summed E-state index contributed by atoms with van der Waals surface area (Å²) in [6.45, 7) is -1.34. The van der Waals surface area contributed by atoms with Gasteiger partial charge < -0.3 is 15.3 Å². The van der Waals surface area contributed by atoms with Gasteiger partial charge in [-0.3, -0.25) is 19.3 Å². The predicted octanol–water partition coefficient (Wildman–Crippen LogP) is 3.52. The molecule has 1 aromatic heterocycles. The molecular formula is C29H23ClF3N7O5. The Bertz CT molecular complexity index is 1710. The minimum atomic E-state index is -2.98. The number of aromatic nitrogens is 2.